The smallest absolute Gasteiger partial charge is 0.322 e. The van der Waals surface area contributed by atoms with Crippen LogP contribution < -0.4 is 0 Å². The lowest BCUT2D eigenvalue weighted by Gasteiger charge is -2.31. The van der Waals surface area contributed by atoms with E-state index < -0.39 is 27.9 Å². The Kier molecular flexibility index (Phi) is 4.30. The van der Waals surface area contributed by atoms with Gasteiger partial charge in [-0.2, -0.15) is 4.31 Å². The molecular weight excluding hydrogens is 297 g/mol. The molecule has 5 nitrogen and oxygen atoms in total. The highest BCUT2D eigenvalue weighted by Gasteiger charge is 2.37. The summed E-state index contributed by atoms with van der Waals surface area (Å²) in [5.74, 6) is 0.0904. The van der Waals surface area contributed by atoms with Gasteiger partial charge in [0.1, 0.15) is 11.9 Å². The molecule has 0 saturated carbocycles. The molecule has 0 radical (unpaired) electrons. The van der Waals surface area contributed by atoms with E-state index in [0.29, 0.717) is 12.8 Å². The van der Waals surface area contributed by atoms with Crippen molar-refractivity contribution in [3.8, 4) is 12.3 Å². The molecule has 0 aromatic heterocycles. The number of sulfonamides is 1. The van der Waals surface area contributed by atoms with Crippen LogP contribution in [-0.4, -0.2) is 36.4 Å². The number of hydrogen-bond donors (Lipinski definition) is 1. The summed E-state index contributed by atoms with van der Waals surface area (Å²) in [5.41, 5.74) is -0.0395. The summed E-state index contributed by atoms with van der Waals surface area (Å²) in [7, 11) is -4.06. The summed E-state index contributed by atoms with van der Waals surface area (Å²) in [6, 6.07) is 2.11. The molecule has 1 heterocycles. The Bertz CT molecular complexity index is 708. The van der Waals surface area contributed by atoms with Gasteiger partial charge in [0, 0.05) is 6.54 Å². The van der Waals surface area contributed by atoms with Crippen molar-refractivity contribution in [3.05, 3.63) is 29.6 Å². The fourth-order valence-corrected chi connectivity index (χ4v) is 4.01. The van der Waals surface area contributed by atoms with Crippen LogP contribution in [-0.2, 0) is 14.8 Å². The highest BCUT2D eigenvalue weighted by Crippen LogP contribution is 2.26. The van der Waals surface area contributed by atoms with Crippen molar-refractivity contribution in [3.63, 3.8) is 0 Å². The molecule has 1 N–H and O–H groups in total. The van der Waals surface area contributed by atoms with Gasteiger partial charge in [-0.05, 0) is 37.5 Å². The molecule has 0 bridgehead atoms. The molecule has 1 aliphatic heterocycles. The number of carbonyl (C=O) groups is 1. The molecule has 0 spiro atoms. The zero-order valence-corrected chi connectivity index (χ0v) is 11.9. The van der Waals surface area contributed by atoms with Crippen LogP contribution in [0.3, 0.4) is 0 Å². The third kappa shape index (κ3) is 2.91. The molecule has 1 saturated heterocycles. The molecule has 2 rings (SSSR count). The summed E-state index contributed by atoms with van der Waals surface area (Å²) >= 11 is 0. The summed E-state index contributed by atoms with van der Waals surface area (Å²) in [6.07, 6.45) is 6.56. The van der Waals surface area contributed by atoms with Crippen molar-refractivity contribution >= 4 is 16.0 Å². The summed E-state index contributed by atoms with van der Waals surface area (Å²) in [6.45, 7) is 0.109. The third-order valence-electron chi connectivity index (χ3n) is 3.44. The number of hydrogen-bond acceptors (Lipinski definition) is 3. The molecule has 21 heavy (non-hydrogen) atoms. The van der Waals surface area contributed by atoms with Crippen LogP contribution in [0.25, 0.3) is 0 Å². The Balaban J connectivity index is 2.43. The predicted molar refractivity (Wildman–Crippen MR) is 73.5 cm³/mol. The number of benzene rings is 1. The maximum atomic E-state index is 13.7. The van der Waals surface area contributed by atoms with Gasteiger partial charge in [0.25, 0.3) is 0 Å². The van der Waals surface area contributed by atoms with E-state index in [1.807, 2.05) is 0 Å². The van der Waals surface area contributed by atoms with E-state index >= 15 is 0 Å². The first-order valence-corrected chi connectivity index (χ1v) is 7.82. The monoisotopic (exact) mass is 311 g/mol. The SMILES string of the molecule is C#Cc1ccc(S(=O)(=O)N2CCCC[C@H]2C(=O)O)cc1F. The van der Waals surface area contributed by atoms with Crippen LogP contribution in [0.15, 0.2) is 23.1 Å². The minimum absolute atomic E-state index is 0.0395. The Hall–Kier alpha value is -1.91. The zero-order valence-electron chi connectivity index (χ0n) is 11.1. The Labute approximate surface area is 122 Å². The molecular formula is C14H14FNO4S. The van der Waals surface area contributed by atoms with Crippen LogP contribution in [0.2, 0.25) is 0 Å². The molecule has 0 unspecified atom stereocenters. The lowest BCUT2D eigenvalue weighted by Crippen LogP contribution is -2.47. The molecule has 1 aromatic rings. The highest BCUT2D eigenvalue weighted by atomic mass is 32.2. The maximum Gasteiger partial charge on any atom is 0.322 e. The van der Waals surface area contributed by atoms with E-state index in [0.717, 1.165) is 10.4 Å². The summed E-state index contributed by atoms with van der Waals surface area (Å²) in [5, 5.41) is 9.15. The van der Waals surface area contributed by atoms with Crippen molar-refractivity contribution in [1.29, 1.82) is 0 Å². The van der Waals surface area contributed by atoms with Gasteiger partial charge >= 0.3 is 5.97 Å². The van der Waals surface area contributed by atoms with Crippen LogP contribution in [0.1, 0.15) is 24.8 Å². The van der Waals surface area contributed by atoms with Crippen LogP contribution in [0.4, 0.5) is 4.39 Å². The number of terminal acetylenes is 1. The number of nitrogens with zero attached hydrogens (tertiary/aromatic N) is 1. The second-order valence-corrected chi connectivity index (χ2v) is 6.64. The second-order valence-electron chi connectivity index (χ2n) is 4.75. The first-order chi connectivity index (χ1) is 9.87. The van der Waals surface area contributed by atoms with Gasteiger partial charge < -0.3 is 5.11 Å². The standard InChI is InChI=1S/C14H14FNO4S/c1-2-10-6-7-11(9-12(10)15)21(19,20)16-8-4-3-5-13(16)14(17)18/h1,6-7,9,13H,3-5,8H2,(H,17,18)/t13-/m0/s1. The molecule has 1 fully saturated rings. The van der Waals surface area contributed by atoms with Gasteiger partial charge in [-0.1, -0.05) is 5.92 Å². The van der Waals surface area contributed by atoms with Gasteiger partial charge in [-0.3, -0.25) is 4.79 Å². The number of carboxylic acids is 1. The molecule has 0 aliphatic carbocycles. The van der Waals surface area contributed by atoms with E-state index in [1.54, 1.807) is 0 Å². The molecule has 0 amide bonds. The first kappa shape index (κ1) is 15.5. The number of halogens is 1. The van der Waals surface area contributed by atoms with E-state index in [4.69, 9.17) is 11.5 Å². The molecule has 112 valence electrons. The summed E-state index contributed by atoms with van der Waals surface area (Å²) in [4.78, 5) is 10.9. The Morgan fingerprint density at radius 3 is 2.71 bits per heavy atom. The van der Waals surface area contributed by atoms with Gasteiger partial charge in [-0.25, -0.2) is 12.8 Å². The van der Waals surface area contributed by atoms with Crippen molar-refractivity contribution in [1.82, 2.24) is 4.31 Å². The maximum absolute atomic E-state index is 13.7. The number of aliphatic carboxylic acids is 1. The number of rotatable bonds is 3. The first-order valence-electron chi connectivity index (χ1n) is 6.38. The average Bonchev–Trinajstić information content (AvgIpc) is 2.47. The fourth-order valence-electron chi connectivity index (χ4n) is 2.35. The molecule has 1 atom stereocenters. The lowest BCUT2D eigenvalue weighted by atomic mass is 10.1. The van der Waals surface area contributed by atoms with E-state index in [1.165, 1.54) is 12.1 Å². The molecule has 1 aliphatic rings. The topological polar surface area (TPSA) is 74.7 Å². The zero-order chi connectivity index (χ0) is 15.6. The highest BCUT2D eigenvalue weighted by molar-refractivity contribution is 7.89. The quantitative estimate of drug-likeness (QED) is 0.857. The Morgan fingerprint density at radius 1 is 1.43 bits per heavy atom. The van der Waals surface area contributed by atoms with Crippen LogP contribution in [0.5, 0.6) is 0 Å². The van der Waals surface area contributed by atoms with Crippen LogP contribution >= 0.6 is 0 Å². The van der Waals surface area contributed by atoms with Gasteiger partial charge in [0.05, 0.1) is 10.5 Å². The van der Waals surface area contributed by atoms with Crippen molar-refractivity contribution < 1.29 is 22.7 Å². The van der Waals surface area contributed by atoms with E-state index in [2.05, 4.69) is 5.92 Å². The third-order valence-corrected chi connectivity index (χ3v) is 5.35. The van der Waals surface area contributed by atoms with Gasteiger partial charge in [0.15, 0.2) is 0 Å². The number of piperidine rings is 1. The number of carboxylic acid groups (broad SMARTS) is 1. The second kappa shape index (κ2) is 5.84. The van der Waals surface area contributed by atoms with Crippen LogP contribution in [0, 0.1) is 18.2 Å². The fraction of sp³-hybridized carbons (Fsp3) is 0.357. The largest absolute Gasteiger partial charge is 0.480 e. The van der Waals surface area contributed by atoms with Crippen molar-refractivity contribution in [2.75, 3.05) is 6.54 Å². The minimum Gasteiger partial charge on any atom is -0.480 e. The van der Waals surface area contributed by atoms with Gasteiger partial charge in [0.2, 0.25) is 10.0 Å². The predicted octanol–water partition coefficient (Wildman–Crippen LogP) is 1.43. The molecule has 1 aromatic carbocycles. The lowest BCUT2D eigenvalue weighted by molar-refractivity contribution is -0.142. The normalized spacial score (nSPS) is 19.9. The van der Waals surface area contributed by atoms with Crippen molar-refractivity contribution in [2.24, 2.45) is 0 Å². The van der Waals surface area contributed by atoms with E-state index in [-0.39, 0.29) is 23.4 Å². The molecule has 7 heteroatoms. The van der Waals surface area contributed by atoms with Gasteiger partial charge in [-0.15, -0.1) is 6.42 Å². The Morgan fingerprint density at radius 2 is 2.14 bits per heavy atom. The van der Waals surface area contributed by atoms with Crippen molar-refractivity contribution in [2.45, 2.75) is 30.2 Å². The average molecular weight is 311 g/mol. The summed E-state index contributed by atoms with van der Waals surface area (Å²) < 4.78 is 39.6. The van der Waals surface area contributed by atoms with E-state index in [9.17, 15) is 17.6 Å². The minimum atomic E-state index is -4.06.